The molecule has 1 aliphatic rings. The number of aromatic nitrogens is 2. The molecule has 0 saturated heterocycles. The minimum absolute atomic E-state index is 0. The summed E-state index contributed by atoms with van der Waals surface area (Å²) < 4.78 is 8.07. The molecule has 0 spiro atoms. The SMILES string of the molecule is Cc1cc(C2=N[C@H](C)CO2)[c-]c(-n2c3[c-]c(-c4cc(C)ccn4)ccc3c3ccccc32)c1.[Pt+2]. The summed E-state index contributed by atoms with van der Waals surface area (Å²) >= 11 is 0. The molecule has 3 aromatic carbocycles. The summed E-state index contributed by atoms with van der Waals surface area (Å²) in [5, 5.41) is 2.34. The number of rotatable bonds is 3. The maximum atomic E-state index is 5.84. The molecular weight excluding hydrogens is 601 g/mol. The molecule has 0 amide bonds. The maximum Gasteiger partial charge on any atom is 2.00 e. The van der Waals surface area contributed by atoms with Crippen molar-refractivity contribution < 1.29 is 25.8 Å². The van der Waals surface area contributed by atoms with E-state index in [-0.39, 0.29) is 27.1 Å². The first kappa shape index (κ1) is 22.6. The van der Waals surface area contributed by atoms with Crippen LogP contribution in [0, 0.1) is 26.0 Å². The van der Waals surface area contributed by atoms with Crippen molar-refractivity contribution in [2.45, 2.75) is 26.8 Å². The van der Waals surface area contributed by atoms with Crippen LogP contribution in [-0.2, 0) is 25.8 Å². The van der Waals surface area contributed by atoms with E-state index < -0.39 is 0 Å². The van der Waals surface area contributed by atoms with Gasteiger partial charge in [-0.1, -0.05) is 47.7 Å². The number of hydrogen-bond donors (Lipinski definition) is 0. The van der Waals surface area contributed by atoms with Gasteiger partial charge in [-0.2, -0.15) is 0 Å². The minimum atomic E-state index is 0. The van der Waals surface area contributed by atoms with Gasteiger partial charge in [0.1, 0.15) is 5.90 Å². The molecule has 0 saturated carbocycles. The van der Waals surface area contributed by atoms with Crippen molar-refractivity contribution in [3.8, 4) is 16.9 Å². The number of pyridine rings is 1. The molecule has 0 N–H and O–H groups in total. The third-order valence-electron chi connectivity index (χ3n) is 6.04. The topological polar surface area (TPSA) is 39.4 Å². The van der Waals surface area contributed by atoms with Crippen LogP contribution < -0.4 is 0 Å². The van der Waals surface area contributed by atoms with E-state index in [0.717, 1.165) is 44.5 Å². The first-order chi connectivity index (χ1) is 16.1. The zero-order valence-corrected chi connectivity index (χ0v) is 21.5. The molecule has 2 aromatic heterocycles. The number of hydrogen-bond acceptors (Lipinski definition) is 3. The first-order valence-corrected chi connectivity index (χ1v) is 11.2. The fourth-order valence-electron chi connectivity index (χ4n) is 4.53. The van der Waals surface area contributed by atoms with E-state index >= 15 is 0 Å². The van der Waals surface area contributed by atoms with Crippen LogP contribution in [0.5, 0.6) is 0 Å². The van der Waals surface area contributed by atoms with Gasteiger partial charge in [0.15, 0.2) is 0 Å². The van der Waals surface area contributed by atoms with Gasteiger partial charge in [0.2, 0.25) is 0 Å². The number of aliphatic imine (C=N–C) groups is 1. The molecular formula is C29H23N3OPt. The standard InChI is InChI=1S/C29H23N3O.Pt/c1-18-10-11-30-26(14-18)21-8-9-25-24-6-4-5-7-27(24)32(28(25)16-21)23-13-19(2)12-22(15-23)29-31-20(3)17-33-29;/h4-14,20H,17H2,1-3H3;/q-2;+2/t20-;/m1./s1. The van der Waals surface area contributed by atoms with E-state index in [1.54, 1.807) is 0 Å². The minimum Gasteiger partial charge on any atom is -0.518 e. The second kappa shape index (κ2) is 8.85. The van der Waals surface area contributed by atoms with Gasteiger partial charge in [-0.05, 0) is 48.3 Å². The Morgan fingerprint density at radius 1 is 0.912 bits per heavy atom. The van der Waals surface area contributed by atoms with Gasteiger partial charge in [0.05, 0.1) is 12.6 Å². The molecule has 0 radical (unpaired) electrons. The summed E-state index contributed by atoms with van der Waals surface area (Å²) in [7, 11) is 0. The van der Waals surface area contributed by atoms with Crippen molar-refractivity contribution in [3.63, 3.8) is 0 Å². The molecule has 1 aliphatic heterocycles. The molecule has 3 heterocycles. The van der Waals surface area contributed by atoms with Crippen LogP contribution in [0.4, 0.5) is 0 Å². The maximum absolute atomic E-state index is 5.84. The normalized spacial score (nSPS) is 15.3. The van der Waals surface area contributed by atoms with E-state index in [0.29, 0.717) is 12.5 Å². The zero-order valence-electron chi connectivity index (χ0n) is 19.2. The van der Waals surface area contributed by atoms with Crippen molar-refractivity contribution in [2.24, 2.45) is 4.99 Å². The number of nitrogens with zero attached hydrogens (tertiary/aromatic N) is 3. The Morgan fingerprint density at radius 3 is 2.56 bits per heavy atom. The largest absolute Gasteiger partial charge is 2.00 e. The fraction of sp³-hybridized carbons (Fsp3) is 0.172. The van der Waals surface area contributed by atoms with Crippen LogP contribution in [0.1, 0.15) is 23.6 Å². The van der Waals surface area contributed by atoms with Crippen LogP contribution in [0.25, 0.3) is 38.8 Å². The Hall–Kier alpha value is -3.23. The van der Waals surface area contributed by atoms with Gasteiger partial charge >= 0.3 is 21.1 Å². The van der Waals surface area contributed by atoms with Gasteiger partial charge < -0.3 is 14.3 Å². The van der Waals surface area contributed by atoms with Crippen molar-refractivity contribution in [1.82, 2.24) is 9.55 Å². The van der Waals surface area contributed by atoms with Crippen LogP contribution in [0.3, 0.4) is 0 Å². The molecule has 1 atom stereocenters. The van der Waals surface area contributed by atoms with Crippen molar-refractivity contribution >= 4 is 27.7 Å². The van der Waals surface area contributed by atoms with E-state index in [2.05, 4.69) is 102 Å². The molecule has 5 aromatic rings. The first-order valence-electron chi connectivity index (χ1n) is 11.2. The van der Waals surface area contributed by atoms with E-state index in [9.17, 15) is 0 Å². The van der Waals surface area contributed by atoms with E-state index in [1.807, 2.05) is 12.3 Å². The number of aryl methyl sites for hydroxylation is 2. The number of para-hydroxylation sites is 1. The zero-order chi connectivity index (χ0) is 22.5. The summed E-state index contributed by atoms with van der Waals surface area (Å²) in [6.07, 6.45) is 1.85. The van der Waals surface area contributed by atoms with Gasteiger partial charge in [-0.3, -0.25) is 4.99 Å². The van der Waals surface area contributed by atoms with Crippen LogP contribution in [0.15, 0.2) is 71.9 Å². The van der Waals surface area contributed by atoms with Crippen LogP contribution >= 0.6 is 0 Å². The molecule has 6 rings (SSSR count). The molecule has 0 aliphatic carbocycles. The monoisotopic (exact) mass is 624 g/mol. The number of ether oxygens (including phenoxy) is 1. The van der Waals surface area contributed by atoms with Crippen molar-refractivity contribution in [3.05, 3.63) is 95.7 Å². The summed E-state index contributed by atoms with van der Waals surface area (Å²) in [6.45, 7) is 6.85. The number of fused-ring (bicyclic) bond motifs is 3. The van der Waals surface area contributed by atoms with E-state index in [4.69, 9.17) is 4.74 Å². The van der Waals surface area contributed by atoms with Gasteiger partial charge in [-0.25, -0.2) is 0 Å². The van der Waals surface area contributed by atoms with Crippen LogP contribution in [-0.4, -0.2) is 28.1 Å². The summed E-state index contributed by atoms with van der Waals surface area (Å²) in [5.74, 6) is 0.668. The molecule has 170 valence electrons. The molecule has 0 unspecified atom stereocenters. The van der Waals surface area contributed by atoms with Crippen LogP contribution in [0.2, 0.25) is 0 Å². The quantitative estimate of drug-likeness (QED) is 0.224. The third kappa shape index (κ3) is 3.86. The molecule has 34 heavy (non-hydrogen) atoms. The fourth-order valence-corrected chi connectivity index (χ4v) is 4.53. The molecule has 5 heteroatoms. The molecule has 0 bridgehead atoms. The molecule has 4 nitrogen and oxygen atoms in total. The Labute approximate surface area is 213 Å². The third-order valence-corrected chi connectivity index (χ3v) is 6.04. The van der Waals surface area contributed by atoms with Gasteiger partial charge in [-0.15, -0.1) is 47.5 Å². The number of benzene rings is 3. The smallest absolute Gasteiger partial charge is 0.518 e. The summed E-state index contributed by atoms with van der Waals surface area (Å²) in [5.41, 5.74) is 8.17. The average Bonchev–Trinajstić information content (AvgIpc) is 3.39. The van der Waals surface area contributed by atoms with Gasteiger partial charge in [0.25, 0.3) is 0 Å². The predicted octanol–water partition coefficient (Wildman–Crippen LogP) is 6.23. The van der Waals surface area contributed by atoms with Crippen molar-refractivity contribution in [1.29, 1.82) is 0 Å². The van der Waals surface area contributed by atoms with E-state index in [1.165, 1.54) is 10.9 Å². The Kier molecular flexibility index (Phi) is 5.87. The second-order valence-corrected chi connectivity index (χ2v) is 8.76. The Balaban J connectivity index is 0.00000241. The van der Waals surface area contributed by atoms with Gasteiger partial charge in [0, 0.05) is 11.7 Å². The predicted molar refractivity (Wildman–Crippen MR) is 133 cm³/mol. The molecule has 0 fully saturated rings. The summed E-state index contributed by atoms with van der Waals surface area (Å²) in [4.78, 5) is 9.23. The average molecular weight is 625 g/mol. The van der Waals surface area contributed by atoms with Crippen molar-refractivity contribution in [2.75, 3.05) is 6.61 Å². The second-order valence-electron chi connectivity index (χ2n) is 8.76. The Bertz CT molecular complexity index is 1570. The summed E-state index contributed by atoms with van der Waals surface area (Å²) in [6, 6.07) is 28.5. The Morgan fingerprint density at radius 2 is 1.76 bits per heavy atom.